The van der Waals surface area contributed by atoms with E-state index in [1.165, 1.54) is 4.90 Å². The standard InChI is InChI=1S/C22H25N3O4/c1-14(2)16-7-4-5-8-19(16)24-22(28)23-15-9-10-17-18(13-15)21(27)25(20(17)26)11-6-12-29-3/h4-5,7-10,13-14H,6,11-12H2,1-3H3,(H2,23,24,28). The molecule has 0 spiro atoms. The Morgan fingerprint density at radius 3 is 2.48 bits per heavy atom. The van der Waals surface area contributed by atoms with Crippen LogP contribution in [0.25, 0.3) is 0 Å². The summed E-state index contributed by atoms with van der Waals surface area (Å²) < 4.78 is 4.98. The largest absolute Gasteiger partial charge is 0.385 e. The number of imide groups is 1. The van der Waals surface area contributed by atoms with Gasteiger partial charge in [-0.15, -0.1) is 0 Å². The van der Waals surface area contributed by atoms with Crippen LogP contribution in [0.1, 0.15) is 52.5 Å². The van der Waals surface area contributed by atoms with Gasteiger partial charge in [0, 0.05) is 31.6 Å². The first-order valence-corrected chi connectivity index (χ1v) is 9.58. The van der Waals surface area contributed by atoms with E-state index in [4.69, 9.17) is 4.74 Å². The van der Waals surface area contributed by atoms with Gasteiger partial charge in [-0.1, -0.05) is 32.0 Å². The Morgan fingerprint density at radius 2 is 1.76 bits per heavy atom. The average molecular weight is 395 g/mol. The third-order valence-corrected chi connectivity index (χ3v) is 4.79. The van der Waals surface area contributed by atoms with Crippen LogP contribution in [0.3, 0.4) is 0 Å². The fourth-order valence-corrected chi connectivity index (χ4v) is 3.34. The van der Waals surface area contributed by atoms with Crippen LogP contribution in [0.5, 0.6) is 0 Å². The van der Waals surface area contributed by atoms with Crippen molar-refractivity contribution < 1.29 is 19.1 Å². The van der Waals surface area contributed by atoms with Crippen molar-refractivity contribution in [3.63, 3.8) is 0 Å². The molecule has 0 bridgehead atoms. The van der Waals surface area contributed by atoms with Crippen LogP contribution in [0.15, 0.2) is 42.5 Å². The zero-order chi connectivity index (χ0) is 21.0. The molecule has 0 fully saturated rings. The fraction of sp³-hybridized carbons (Fsp3) is 0.318. The minimum absolute atomic E-state index is 0.263. The number of ether oxygens (including phenoxy) is 1. The van der Waals surface area contributed by atoms with E-state index in [2.05, 4.69) is 24.5 Å². The molecule has 7 nitrogen and oxygen atoms in total. The Hall–Kier alpha value is -3.19. The maximum Gasteiger partial charge on any atom is 0.323 e. The molecule has 2 aromatic rings. The van der Waals surface area contributed by atoms with Crippen molar-refractivity contribution in [3.8, 4) is 0 Å². The van der Waals surface area contributed by atoms with Gasteiger partial charge in [0.2, 0.25) is 0 Å². The predicted molar refractivity (Wildman–Crippen MR) is 111 cm³/mol. The summed E-state index contributed by atoms with van der Waals surface area (Å²) in [6, 6.07) is 11.9. The number of nitrogens with one attached hydrogen (secondary N) is 2. The van der Waals surface area contributed by atoms with Gasteiger partial charge < -0.3 is 15.4 Å². The fourth-order valence-electron chi connectivity index (χ4n) is 3.34. The third-order valence-electron chi connectivity index (χ3n) is 4.79. The van der Waals surface area contributed by atoms with E-state index in [1.54, 1.807) is 25.3 Å². The molecule has 152 valence electrons. The van der Waals surface area contributed by atoms with E-state index in [-0.39, 0.29) is 17.7 Å². The molecular weight excluding hydrogens is 370 g/mol. The van der Waals surface area contributed by atoms with Crippen LogP contribution < -0.4 is 10.6 Å². The number of anilines is 2. The van der Waals surface area contributed by atoms with E-state index in [0.717, 1.165) is 11.3 Å². The number of amides is 4. The van der Waals surface area contributed by atoms with E-state index < -0.39 is 6.03 Å². The first-order chi connectivity index (χ1) is 13.9. The van der Waals surface area contributed by atoms with E-state index in [0.29, 0.717) is 36.4 Å². The SMILES string of the molecule is COCCCN1C(=O)c2ccc(NC(=O)Nc3ccccc3C(C)C)cc2C1=O. The minimum atomic E-state index is -0.410. The Labute approximate surface area is 170 Å². The second-order valence-corrected chi connectivity index (χ2v) is 7.19. The lowest BCUT2D eigenvalue weighted by molar-refractivity contribution is 0.0638. The summed E-state index contributed by atoms with van der Waals surface area (Å²) in [6.45, 7) is 4.88. The lowest BCUT2D eigenvalue weighted by Gasteiger charge is -2.14. The number of para-hydroxylation sites is 1. The van der Waals surface area contributed by atoms with E-state index in [1.807, 2.05) is 24.3 Å². The zero-order valence-corrected chi connectivity index (χ0v) is 16.8. The molecular formula is C22H25N3O4. The van der Waals surface area contributed by atoms with Crippen molar-refractivity contribution in [2.45, 2.75) is 26.2 Å². The Morgan fingerprint density at radius 1 is 1.03 bits per heavy atom. The summed E-state index contributed by atoms with van der Waals surface area (Å²) in [4.78, 5) is 38.7. The summed E-state index contributed by atoms with van der Waals surface area (Å²) in [7, 11) is 1.57. The topological polar surface area (TPSA) is 87.7 Å². The first kappa shape index (κ1) is 20.5. The smallest absolute Gasteiger partial charge is 0.323 e. The number of urea groups is 1. The number of carbonyl (C=O) groups excluding carboxylic acids is 3. The molecule has 0 unspecified atom stereocenters. The molecule has 1 aliphatic heterocycles. The molecule has 0 aliphatic carbocycles. The highest BCUT2D eigenvalue weighted by atomic mass is 16.5. The highest BCUT2D eigenvalue weighted by Crippen LogP contribution is 2.27. The number of benzene rings is 2. The van der Waals surface area contributed by atoms with Crippen molar-refractivity contribution in [2.24, 2.45) is 0 Å². The molecule has 1 aliphatic rings. The van der Waals surface area contributed by atoms with Gasteiger partial charge in [-0.25, -0.2) is 4.79 Å². The summed E-state index contributed by atoms with van der Waals surface area (Å²) >= 11 is 0. The van der Waals surface area contributed by atoms with Gasteiger partial charge in [0.25, 0.3) is 11.8 Å². The average Bonchev–Trinajstić information content (AvgIpc) is 2.92. The summed E-state index contributed by atoms with van der Waals surface area (Å²) in [5.41, 5.74) is 2.86. The lowest BCUT2D eigenvalue weighted by atomic mass is 10.0. The van der Waals surface area contributed by atoms with Gasteiger partial charge in [-0.3, -0.25) is 14.5 Å². The molecule has 2 N–H and O–H groups in total. The number of rotatable bonds is 7. The van der Waals surface area contributed by atoms with Gasteiger partial charge in [0.05, 0.1) is 11.1 Å². The maximum atomic E-state index is 12.6. The monoisotopic (exact) mass is 395 g/mol. The number of nitrogens with zero attached hydrogens (tertiary/aromatic N) is 1. The first-order valence-electron chi connectivity index (χ1n) is 9.58. The van der Waals surface area contributed by atoms with Gasteiger partial charge in [-0.05, 0) is 42.2 Å². The molecule has 0 saturated carbocycles. The van der Waals surface area contributed by atoms with Gasteiger partial charge in [0.1, 0.15) is 0 Å². The Balaban J connectivity index is 1.71. The number of hydrogen-bond donors (Lipinski definition) is 2. The van der Waals surface area contributed by atoms with Crippen LogP contribution in [-0.2, 0) is 4.74 Å². The maximum absolute atomic E-state index is 12.6. The number of carbonyl (C=O) groups is 3. The van der Waals surface area contributed by atoms with E-state index in [9.17, 15) is 14.4 Å². The van der Waals surface area contributed by atoms with Gasteiger partial charge >= 0.3 is 6.03 Å². The molecule has 0 radical (unpaired) electrons. The minimum Gasteiger partial charge on any atom is -0.385 e. The van der Waals surface area contributed by atoms with E-state index >= 15 is 0 Å². The van der Waals surface area contributed by atoms with Crippen molar-refractivity contribution in [1.29, 1.82) is 0 Å². The summed E-state index contributed by atoms with van der Waals surface area (Å²) in [6.07, 6.45) is 0.574. The predicted octanol–water partition coefficient (Wildman–Crippen LogP) is 4.09. The molecule has 0 atom stereocenters. The quantitative estimate of drug-likeness (QED) is 0.546. The summed E-state index contributed by atoms with van der Waals surface area (Å²) in [5, 5.41) is 5.58. The van der Waals surface area contributed by atoms with Crippen LogP contribution in [0, 0.1) is 0 Å². The molecule has 29 heavy (non-hydrogen) atoms. The molecule has 7 heteroatoms. The molecule has 0 aromatic heterocycles. The zero-order valence-electron chi connectivity index (χ0n) is 16.8. The van der Waals surface area contributed by atoms with Crippen LogP contribution in [0.4, 0.5) is 16.2 Å². The molecule has 1 heterocycles. The number of hydrogen-bond acceptors (Lipinski definition) is 4. The third kappa shape index (κ3) is 4.46. The van der Waals surface area contributed by atoms with Gasteiger partial charge in [-0.2, -0.15) is 0 Å². The van der Waals surface area contributed by atoms with Crippen LogP contribution >= 0.6 is 0 Å². The number of fused-ring (bicyclic) bond motifs is 1. The second-order valence-electron chi connectivity index (χ2n) is 7.19. The van der Waals surface area contributed by atoms with Crippen LogP contribution in [-0.4, -0.2) is 43.0 Å². The van der Waals surface area contributed by atoms with Gasteiger partial charge in [0.15, 0.2) is 0 Å². The highest BCUT2D eigenvalue weighted by molar-refractivity contribution is 6.22. The number of methoxy groups -OCH3 is 1. The van der Waals surface area contributed by atoms with Crippen LogP contribution in [0.2, 0.25) is 0 Å². The molecule has 0 saturated heterocycles. The van der Waals surface area contributed by atoms with Crippen molar-refractivity contribution in [3.05, 3.63) is 59.2 Å². The molecule has 4 amide bonds. The van der Waals surface area contributed by atoms with Crippen molar-refractivity contribution in [2.75, 3.05) is 30.9 Å². The molecule has 3 rings (SSSR count). The lowest BCUT2D eigenvalue weighted by Crippen LogP contribution is -2.31. The second kappa shape index (κ2) is 8.87. The Kier molecular flexibility index (Phi) is 6.29. The normalized spacial score (nSPS) is 13.0. The van der Waals surface area contributed by atoms with Crippen molar-refractivity contribution >= 4 is 29.2 Å². The highest BCUT2D eigenvalue weighted by Gasteiger charge is 2.35. The Bertz CT molecular complexity index is 939. The van der Waals surface area contributed by atoms with Crippen molar-refractivity contribution in [1.82, 2.24) is 4.90 Å². The summed E-state index contributed by atoms with van der Waals surface area (Å²) in [5.74, 6) is -0.405. The molecule has 2 aromatic carbocycles.